The number of nitrogens with two attached hydrogens (primary N) is 1. The second-order valence-electron chi connectivity index (χ2n) is 4.50. The molecule has 0 aliphatic carbocycles. The lowest BCUT2D eigenvalue weighted by Crippen LogP contribution is -2.24. The number of hydrogen-bond donors (Lipinski definition) is 3. The van der Waals surface area contributed by atoms with Gasteiger partial charge < -0.3 is 24.7 Å². The standard InChI is InChI=1S/C15H15N3O6/c1-22-13-6-9(7-17-18-15(16)21)2-4-11(13)23-8-10-3-5-12(24-10)14(19)20/h2-7H,8H2,1H3,(H,19,20)(H3,16,18,21). The molecule has 2 aromatic rings. The van der Waals surface area contributed by atoms with Crippen LogP contribution in [-0.2, 0) is 6.61 Å². The van der Waals surface area contributed by atoms with E-state index in [4.69, 9.17) is 24.7 Å². The molecule has 0 bridgehead atoms. The number of carboxylic acids is 1. The molecule has 0 fully saturated rings. The minimum Gasteiger partial charge on any atom is -0.493 e. The van der Waals surface area contributed by atoms with Crippen molar-refractivity contribution in [3.05, 3.63) is 47.4 Å². The quantitative estimate of drug-likeness (QED) is 0.519. The molecule has 0 unspecified atom stereocenters. The number of methoxy groups -OCH3 is 1. The molecule has 4 N–H and O–H groups in total. The van der Waals surface area contributed by atoms with Crippen LogP contribution in [0.4, 0.5) is 4.79 Å². The van der Waals surface area contributed by atoms with Gasteiger partial charge in [-0.25, -0.2) is 15.0 Å². The van der Waals surface area contributed by atoms with Crippen molar-refractivity contribution in [3.8, 4) is 11.5 Å². The van der Waals surface area contributed by atoms with Crippen molar-refractivity contribution >= 4 is 18.2 Å². The summed E-state index contributed by atoms with van der Waals surface area (Å²) >= 11 is 0. The van der Waals surface area contributed by atoms with Gasteiger partial charge in [0.1, 0.15) is 12.4 Å². The molecule has 0 aliphatic rings. The number of ether oxygens (including phenoxy) is 2. The van der Waals surface area contributed by atoms with Gasteiger partial charge in [-0.3, -0.25) is 0 Å². The second-order valence-corrected chi connectivity index (χ2v) is 4.50. The van der Waals surface area contributed by atoms with E-state index in [-0.39, 0.29) is 12.4 Å². The van der Waals surface area contributed by atoms with Crippen molar-refractivity contribution in [2.75, 3.05) is 7.11 Å². The number of aromatic carboxylic acids is 1. The van der Waals surface area contributed by atoms with E-state index >= 15 is 0 Å². The van der Waals surface area contributed by atoms with Crippen LogP contribution in [0.1, 0.15) is 21.9 Å². The Bertz CT molecular complexity index is 768. The van der Waals surface area contributed by atoms with Gasteiger partial charge in [-0.15, -0.1) is 0 Å². The van der Waals surface area contributed by atoms with Crippen molar-refractivity contribution in [1.29, 1.82) is 0 Å². The summed E-state index contributed by atoms with van der Waals surface area (Å²) in [6, 6.07) is 7.08. The second kappa shape index (κ2) is 7.68. The van der Waals surface area contributed by atoms with Gasteiger partial charge in [0, 0.05) is 0 Å². The summed E-state index contributed by atoms with van der Waals surface area (Å²) < 4.78 is 15.9. The maximum absolute atomic E-state index is 10.8. The molecule has 0 saturated carbocycles. The molecule has 0 spiro atoms. The summed E-state index contributed by atoms with van der Waals surface area (Å²) in [7, 11) is 1.47. The normalized spacial score (nSPS) is 10.5. The number of carbonyl (C=O) groups excluding carboxylic acids is 1. The van der Waals surface area contributed by atoms with E-state index in [1.807, 2.05) is 0 Å². The lowest BCUT2D eigenvalue weighted by atomic mass is 10.2. The van der Waals surface area contributed by atoms with E-state index in [2.05, 4.69) is 10.5 Å². The number of urea groups is 1. The topological polar surface area (TPSA) is 136 Å². The number of carboxylic acid groups (broad SMARTS) is 1. The monoisotopic (exact) mass is 333 g/mol. The minimum absolute atomic E-state index is 0.0420. The highest BCUT2D eigenvalue weighted by atomic mass is 16.5. The highest BCUT2D eigenvalue weighted by Crippen LogP contribution is 2.28. The first-order valence-corrected chi connectivity index (χ1v) is 6.71. The van der Waals surface area contributed by atoms with Crippen LogP contribution in [0.15, 0.2) is 39.9 Å². The SMILES string of the molecule is COc1cc(C=NNC(N)=O)ccc1OCc1ccc(C(=O)O)o1. The van der Waals surface area contributed by atoms with Crippen LogP contribution in [0.25, 0.3) is 0 Å². The fourth-order valence-electron chi connectivity index (χ4n) is 1.77. The average molecular weight is 333 g/mol. The Balaban J connectivity index is 2.05. The molecule has 0 saturated heterocycles. The summed E-state index contributed by atoms with van der Waals surface area (Å²) in [5, 5.41) is 12.4. The van der Waals surface area contributed by atoms with Crippen LogP contribution in [0.2, 0.25) is 0 Å². The largest absolute Gasteiger partial charge is 0.493 e. The van der Waals surface area contributed by atoms with Gasteiger partial charge >= 0.3 is 12.0 Å². The van der Waals surface area contributed by atoms with Gasteiger partial charge in [-0.2, -0.15) is 5.10 Å². The minimum atomic E-state index is -1.15. The number of hydrazone groups is 1. The van der Waals surface area contributed by atoms with Crippen molar-refractivity contribution in [2.45, 2.75) is 6.61 Å². The molecule has 0 radical (unpaired) electrons. The Kier molecular flexibility index (Phi) is 5.40. The first-order valence-electron chi connectivity index (χ1n) is 6.71. The number of benzene rings is 1. The number of nitrogens with zero attached hydrogens (tertiary/aromatic N) is 1. The molecule has 9 heteroatoms. The zero-order chi connectivity index (χ0) is 17.5. The Labute approximate surface area is 136 Å². The molecular weight excluding hydrogens is 318 g/mol. The van der Waals surface area contributed by atoms with Crippen LogP contribution in [-0.4, -0.2) is 30.4 Å². The summed E-state index contributed by atoms with van der Waals surface area (Å²) in [5.41, 5.74) is 7.63. The molecule has 1 heterocycles. The molecule has 1 aromatic heterocycles. The molecular formula is C15H15N3O6. The number of nitrogens with one attached hydrogen (secondary N) is 1. The fraction of sp³-hybridized carbons (Fsp3) is 0.133. The van der Waals surface area contributed by atoms with Gasteiger partial charge in [0.2, 0.25) is 5.76 Å². The predicted octanol–water partition coefficient (Wildman–Crippen LogP) is 1.57. The van der Waals surface area contributed by atoms with Crippen LogP contribution in [0.5, 0.6) is 11.5 Å². The van der Waals surface area contributed by atoms with Gasteiger partial charge in [0.05, 0.1) is 13.3 Å². The van der Waals surface area contributed by atoms with Crippen molar-refractivity contribution < 1.29 is 28.6 Å². The third kappa shape index (κ3) is 4.50. The Morgan fingerprint density at radius 2 is 2.12 bits per heavy atom. The van der Waals surface area contributed by atoms with Gasteiger partial charge in [-0.05, 0) is 35.9 Å². The number of furan rings is 1. The lowest BCUT2D eigenvalue weighted by Gasteiger charge is -2.10. The molecule has 24 heavy (non-hydrogen) atoms. The smallest absolute Gasteiger partial charge is 0.371 e. The molecule has 2 amide bonds. The summed E-state index contributed by atoms with van der Waals surface area (Å²) in [5.74, 6) is -0.0688. The number of rotatable bonds is 7. The fourth-order valence-corrected chi connectivity index (χ4v) is 1.77. The number of hydrogen-bond acceptors (Lipinski definition) is 6. The molecule has 0 atom stereocenters. The van der Waals surface area contributed by atoms with Crippen LogP contribution < -0.4 is 20.6 Å². The van der Waals surface area contributed by atoms with E-state index < -0.39 is 12.0 Å². The summed E-state index contributed by atoms with van der Waals surface area (Å²) in [4.78, 5) is 21.3. The van der Waals surface area contributed by atoms with Crippen molar-refractivity contribution in [3.63, 3.8) is 0 Å². The van der Waals surface area contributed by atoms with Gasteiger partial charge in [-0.1, -0.05) is 0 Å². The molecule has 0 aliphatic heterocycles. The first-order chi connectivity index (χ1) is 11.5. The van der Waals surface area contributed by atoms with E-state index in [0.717, 1.165) is 0 Å². The zero-order valence-corrected chi connectivity index (χ0v) is 12.7. The third-order valence-corrected chi connectivity index (χ3v) is 2.82. The van der Waals surface area contributed by atoms with Crippen molar-refractivity contribution in [2.24, 2.45) is 10.8 Å². The average Bonchev–Trinajstić information content (AvgIpc) is 3.02. The highest BCUT2D eigenvalue weighted by molar-refractivity contribution is 5.84. The Morgan fingerprint density at radius 3 is 2.75 bits per heavy atom. The van der Waals surface area contributed by atoms with Gasteiger partial charge in [0.15, 0.2) is 11.5 Å². The van der Waals surface area contributed by atoms with Crippen LogP contribution in [0.3, 0.4) is 0 Å². The third-order valence-electron chi connectivity index (χ3n) is 2.82. The maximum atomic E-state index is 10.8. The molecule has 9 nitrogen and oxygen atoms in total. The predicted molar refractivity (Wildman–Crippen MR) is 83.3 cm³/mol. The van der Waals surface area contributed by atoms with E-state index in [1.54, 1.807) is 18.2 Å². The first kappa shape index (κ1) is 16.9. The zero-order valence-electron chi connectivity index (χ0n) is 12.7. The summed E-state index contributed by atoms with van der Waals surface area (Å²) in [6.07, 6.45) is 1.39. The number of carbonyl (C=O) groups is 2. The van der Waals surface area contributed by atoms with E-state index in [0.29, 0.717) is 22.8 Å². The lowest BCUT2D eigenvalue weighted by molar-refractivity contribution is 0.0658. The number of primary amides is 1. The van der Waals surface area contributed by atoms with E-state index in [9.17, 15) is 9.59 Å². The summed E-state index contributed by atoms with van der Waals surface area (Å²) in [6.45, 7) is 0.0420. The molecule has 126 valence electrons. The Hall–Kier alpha value is -3.49. The number of amides is 2. The maximum Gasteiger partial charge on any atom is 0.371 e. The Morgan fingerprint density at radius 1 is 1.33 bits per heavy atom. The van der Waals surface area contributed by atoms with E-state index in [1.165, 1.54) is 25.5 Å². The van der Waals surface area contributed by atoms with Gasteiger partial charge in [0.25, 0.3) is 0 Å². The van der Waals surface area contributed by atoms with Crippen molar-refractivity contribution in [1.82, 2.24) is 5.43 Å². The highest BCUT2D eigenvalue weighted by Gasteiger charge is 2.11. The van der Waals surface area contributed by atoms with Crippen LogP contribution >= 0.6 is 0 Å². The van der Waals surface area contributed by atoms with Crippen LogP contribution in [0, 0.1) is 0 Å². The molecule has 1 aromatic carbocycles. The molecule has 2 rings (SSSR count).